The van der Waals surface area contributed by atoms with Crippen molar-refractivity contribution in [1.82, 2.24) is 4.90 Å². The van der Waals surface area contributed by atoms with E-state index in [2.05, 4.69) is 15.9 Å². The summed E-state index contributed by atoms with van der Waals surface area (Å²) in [5, 5.41) is 9.37. The number of benzene rings is 2. The van der Waals surface area contributed by atoms with E-state index in [1.54, 1.807) is 4.90 Å². The van der Waals surface area contributed by atoms with Gasteiger partial charge in [0.05, 0.1) is 6.61 Å². The summed E-state index contributed by atoms with van der Waals surface area (Å²) in [6.45, 7) is 3.55. The molecule has 2 heterocycles. The molecule has 2 saturated heterocycles. The van der Waals surface area contributed by atoms with Gasteiger partial charge in [0.2, 0.25) is 5.91 Å². The maximum atomic E-state index is 13.3. The monoisotopic (exact) mass is 475 g/mol. The molecule has 1 amide bonds. The third-order valence-corrected chi connectivity index (χ3v) is 8.49. The zero-order chi connectivity index (χ0) is 20.8. The zero-order valence-corrected chi connectivity index (χ0v) is 18.5. The molecule has 2 aliphatic heterocycles. The molecule has 29 heavy (non-hydrogen) atoms. The molecule has 4 rings (SSSR count). The lowest BCUT2D eigenvalue weighted by Gasteiger charge is -2.49. The van der Waals surface area contributed by atoms with Crippen molar-refractivity contribution >= 4 is 39.6 Å². The summed E-state index contributed by atoms with van der Waals surface area (Å²) in [5.41, 5.74) is 1.74. The molecule has 152 valence electrons. The number of carbonyl (C=O) groups excluding carboxylic acids is 2. The molecule has 7 heteroatoms. The number of amides is 1. The van der Waals surface area contributed by atoms with Gasteiger partial charge in [-0.1, -0.05) is 76.6 Å². The van der Waals surface area contributed by atoms with Crippen LogP contribution in [-0.2, 0) is 14.3 Å². The molecule has 3 atom stereocenters. The van der Waals surface area contributed by atoms with E-state index in [0.717, 1.165) is 11.1 Å². The second-order valence-corrected chi connectivity index (χ2v) is 11.0. The number of fused-ring (bicyclic) bond motifs is 1. The number of nitrogens with zero attached hydrogens (tertiary/aromatic N) is 1. The second kappa shape index (κ2) is 7.45. The summed E-state index contributed by atoms with van der Waals surface area (Å²) in [5.74, 6) is -0.718. The molecular weight excluding hydrogens is 454 g/mol. The largest absolute Gasteiger partial charge is 0.451 e. The summed E-state index contributed by atoms with van der Waals surface area (Å²) in [6, 6.07) is 18.4. The van der Waals surface area contributed by atoms with Gasteiger partial charge < -0.3 is 14.7 Å². The van der Waals surface area contributed by atoms with Crippen LogP contribution in [0, 0.1) is 0 Å². The number of carbonyl (C=O) groups is 2. The van der Waals surface area contributed by atoms with Gasteiger partial charge >= 0.3 is 5.97 Å². The van der Waals surface area contributed by atoms with Crippen LogP contribution >= 0.6 is 27.7 Å². The van der Waals surface area contributed by atoms with Crippen molar-refractivity contribution in [1.29, 1.82) is 0 Å². The van der Waals surface area contributed by atoms with E-state index in [9.17, 15) is 14.7 Å². The number of hydrogen-bond donors (Lipinski definition) is 1. The first-order valence-electron chi connectivity index (χ1n) is 9.40. The normalized spacial score (nSPS) is 27.5. The first-order valence-corrected chi connectivity index (χ1v) is 11.1. The van der Waals surface area contributed by atoms with Crippen molar-refractivity contribution in [2.45, 2.75) is 40.4 Å². The van der Waals surface area contributed by atoms with Crippen molar-refractivity contribution in [2.75, 3.05) is 6.61 Å². The number of hydrogen-bond acceptors (Lipinski definition) is 5. The molecule has 0 radical (unpaired) electrons. The number of esters is 1. The molecule has 2 aromatic carbocycles. The molecule has 2 fully saturated rings. The Labute approximate surface area is 182 Å². The number of aliphatic hydroxyl groups is 1. The number of aliphatic hydroxyl groups excluding tert-OH is 1. The lowest BCUT2D eigenvalue weighted by Crippen LogP contribution is -2.72. The first kappa shape index (κ1) is 20.4. The minimum atomic E-state index is -1.03. The SMILES string of the molecule is CC1(C)S[C@H]2N(C(=O)[C@@]2(Br)CO)[C@H]1C(=O)OC(c1ccccc1)c1ccccc1. The summed E-state index contributed by atoms with van der Waals surface area (Å²) < 4.78 is 4.45. The van der Waals surface area contributed by atoms with Crippen LogP contribution in [0.4, 0.5) is 0 Å². The van der Waals surface area contributed by atoms with Crippen LogP contribution in [0.1, 0.15) is 31.1 Å². The Balaban J connectivity index is 1.64. The quantitative estimate of drug-likeness (QED) is 0.407. The fourth-order valence-electron chi connectivity index (χ4n) is 3.98. The van der Waals surface area contributed by atoms with Crippen molar-refractivity contribution in [3.63, 3.8) is 0 Å². The Bertz CT molecular complexity index is 883. The van der Waals surface area contributed by atoms with Crippen LogP contribution in [0.25, 0.3) is 0 Å². The van der Waals surface area contributed by atoms with E-state index in [-0.39, 0.29) is 17.9 Å². The van der Waals surface area contributed by atoms with Crippen LogP contribution in [0.15, 0.2) is 60.7 Å². The van der Waals surface area contributed by atoms with E-state index in [0.29, 0.717) is 0 Å². The third kappa shape index (κ3) is 3.29. The van der Waals surface area contributed by atoms with Gasteiger partial charge in [0.25, 0.3) is 0 Å². The molecule has 5 nitrogen and oxygen atoms in total. The summed E-state index contributed by atoms with van der Waals surface area (Å²) in [7, 11) is 0. The molecule has 2 aliphatic rings. The van der Waals surface area contributed by atoms with E-state index in [1.165, 1.54) is 11.8 Å². The molecule has 2 aromatic rings. The maximum absolute atomic E-state index is 13.3. The van der Waals surface area contributed by atoms with Gasteiger partial charge in [-0.3, -0.25) is 4.79 Å². The maximum Gasteiger partial charge on any atom is 0.331 e. The van der Waals surface area contributed by atoms with Gasteiger partial charge in [0.1, 0.15) is 11.4 Å². The smallest absolute Gasteiger partial charge is 0.331 e. The Kier molecular flexibility index (Phi) is 5.25. The molecule has 0 aliphatic carbocycles. The van der Waals surface area contributed by atoms with Gasteiger partial charge in [-0.25, -0.2) is 4.79 Å². The molecule has 0 bridgehead atoms. The number of thioether (sulfide) groups is 1. The van der Waals surface area contributed by atoms with Crippen LogP contribution in [0.2, 0.25) is 0 Å². The predicted molar refractivity (Wildman–Crippen MR) is 116 cm³/mol. The van der Waals surface area contributed by atoms with Crippen LogP contribution in [0.3, 0.4) is 0 Å². The molecule has 0 saturated carbocycles. The van der Waals surface area contributed by atoms with E-state index in [4.69, 9.17) is 4.74 Å². The van der Waals surface area contributed by atoms with E-state index >= 15 is 0 Å². The third-order valence-electron chi connectivity index (χ3n) is 5.48. The highest BCUT2D eigenvalue weighted by Crippen LogP contribution is 2.58. The van der Waals surface area contributed by atoms with Gasteiger partial charge in [0, 0.05) is 4.75 Å². The fraction of sp³-hybridized carbons (Fsp3) is 0.364. The summed E-state index contributed by atoms with van der Waals surface area (Å²) in [4.78, 5) is 27.6. The summed E-state index contributed by atoms with van der Waals surface area (Å²) >= 11 is 4.88. The number of ether oxygens (including phenoxy) is 1. The van der Waals surface area contributed by atoms with Gasteiger partial charge in [0.15, 0.2) is 10.4 Å². The lowest BCUT2D eigenvalue weighted by molar-refractivity contribution is -0.167. The zero-order valence-electron chi connectivity index (χ0n) is 16.1. The highest BCUT2D eigenvalue weighted by atomic mass is 79.9. The van der Waals surface area contributed by atoms with Crippen LogP contribution < -0.4 is 0 Å². The Morgan fingerprint density at radius 3 is 2.14 bits per heavy atom. The average Bonchev–Trinajstić information content (AvgIpc) is 3.01. The molecule has 1 N–H and O–H groups in total. The Morgan fingerprint density at radius 1 is 1.14 bits per heavy atom. The molecular formula is C22H22BrNO4S. The van der Waals surface area contributed by atoms with Crippen LogP contribution in [-0.4, -0.2) is 49.0 Å². The van der Waals surface area contributed by atoms with Crippen molar-refractivity contribution in [3.8, 4) is 0 Å². The number of β-lactam (4-membered cyclic amide) rings is 1. The standard InChI is InChI=1S/C22H22BrNO4S/c1-21(2)17(24-19(27)22(23,13-25)20(24)29-21)18(26)28-16(14-9-5-3-6-10-14)15-11-7-4-8-12-15/h3-12,16-17,20,25H,13H2,1-2H3/t17-,20+,22-/m0/s1. The highest BCUT2D eigenvalue weighted by Gasteiger charge is 2.70. The molecule has 0 unspecified atom stereocenters. The van der Waals surface area contributed by atoms with Crippen LogP contribution in [0.5, 0.6) is 0 Å². The fourth-order valence-corrected chi connectivity index (χ4v) is 6.29. The predicted octanol–water partition coefficient (Wildman–Crippen LogP) is 3.51. The minimum absolute atomic E-state index is 0.277. The van der Waals surface area contributed by atoms with Crippen molar-refractivity contribution in [2.24, 2.45) is 0 Å². The average molecular weight is 476 g/mol. The highest BCUT2D eigenvalue weighted by molar-refractivity contribution is 9.10. The van der Waals surface area contributed by atoms with Crippen molar-refractivity contribution < 1.29 is 19.4 Å². The molecule has 0 spiro atoms. The number of alkyl halides is 1. The van der Waals surface area contributed by atoms with E-state index < -0.39 is 27.2 Å². The first-order chi connectivity index (χ1) is 13.8. The topological polar surface area (TPSA) is 66.8 Å². The van der Waals surface area contributed by atoms with Crippen molar-refractivity contribution in [3.05, 3.63) is 71.8 Å². The van der Waals surface area contributed by atoms with Gasteiger partial charge in [-0.05, 0) is 25.0 Å². The van der Waals surface area contributed by atoms with Gasteiger partial charge in [-0.2, -0.15) is 0 Å². The van der Waals surface area contributed by atoms with E-state index in [1.807, 2.05) is 74.5 Å². The Hall–Kier alpha value is -1.83. The lowest BCUT2D eigenvalue weighted by atomic mass is 9.92. The summed E-state index contributed by atoms with van der Waals surface area (Å²) in [6.07, 6.45) is -0.562. The molecule has 0 aromatic heterocycles. The second-order valence-electron chi connectivity index (χ2n) is 7.85. The van der Waals surface area contributed by atoms with Gasteiger partial charge in [-0.15, -0.1) is 11.8 Å². The number of rotatable bonds is 5. The minimum Gasteiger partial charge on any atom is -0.451 e. The number of halogens is 1. The Morgan fingerprint density at radius 2 is 1.66 bits per heavy atom.